The molecular weight excluding hydrogens is 240 g/mol. The molecule has 0 heterocycles. The molecule has 0 saturated heterocycles. The fourth-order valence-electron chi connectivity index (χ4n) is 1.93. The van der Waals surface area contributed by atoms with E-state index in [1.807, 2.05) is 18.2 Å². The highest BCUT2D eigenvalue weighted by Gasteiger charge is 2.09. The maximum absolute atomic E-state index is 11.2. The van der Waals surface area contributed by atoms with Gasteiger partial charge in [0.15, 0.2) is 5.78 Å². The quantitative estimate of drug-likeness (QED) is 0.852. The first-order valence-corrected chi connectivity index (χ1v) is 5.94. The number of Topliss-reactive ketones (excluding diaryl/α,β-unsaturated/α-hetero) is 1. The van der Waals surface area contributed by atoms with E-state index in [2.05, 4.69) is 0 Å². The Morgan fingerprint density at radius 1 is 0.947 bits per heavy atom. The number of aromatic carboxylic acids is 1. The van der Waals surface area contributed by atoms with Crippen molar-refractivity contribution in [3.8, 4) is 11.1 Å². The van der Waals surface area contributed by atoms with Gasteiger partial charge in [-0.25, -0.2) is 4.79 Å². The summed E-state index contributed by atoms with van der Waals surface area (Å²) in [5.74, 6) is -0.915. The first kappa shape index (κ1) is 13.0. The normalized spacial score (nSPS) is 10.2. The minimum atomic E-state index is -0.931. The lowest BCUT2D eigenvalue weighted by molar-refractivity contribution is 0.0696. The lowest BCUT2D eigenvalue weighted by atomic mass is 9.98. The summed E-state index contributed by atoms with van der Waals surface area (Å²) in [6.07, 6.45) is 0. The van der Waals surface area contributed by atoms with Crippen LogP contribution >= 0.6 is 0 Å². The Kier molecular flexibility index (Phi) is 3.47. The van der Waals surface area contributed by atoms with Crippen LogP contribution in [-0.4, -0.2) is 16.9 Å². The lowest BCUT2D eigenvalue weighted by Crippen LogP contribution is -1.99. The molecule has 0 aliphatic heterocycles. The smallest absolute Gasteiger partial charge is 0.335 e. The molecule has 3 nitrogen and oxygen atoms in total. The molecule has 2 aromatic rings. The average Bonchev–Trinajstić information content (AvgIpc) is 2.39. The van der Waals surface area contributed by atoms with Crippen molar-refractivity contribution in [2.45, 2.75) is 13.8 Å². The third-order valence-electron chi connectivity index (χ3n) is 3.09. The van der Waals surface area contributed by atoms with Gasteiger partial charge < -0.3 is 5.11 Å². The van der Waals surface area contributed by atoms with E-state index < -0.39 is 5.97 Å². The largest absolute Gasteiger partial charge is 0.478 e. The molecule has 19 heavy (non-hydrogen) atoms. The van der Waals surface area contributed by atoms with Crippen molar-refractivity contribution >= 4 is 11.8 Å². The summed E-state index contributed by atoms with van der Waals surface area (Å²) in [5, 5.41) is 9.11. The van der Waals surface area contributed by atoms with E-state index >= 15 is 0 Å². The summed E-state index contributed by atoms with van der Waals surface area (Å²) in [7, 11) is 0. The van der Waals surface area contributed by atoms with Crippen molar-refractivity contribution in [2.24, 2.45) is 0 Å². The number of carboxylic acids is 1. The van der Waals surface area contributed by atoms with Crippen LogP contribution in [-0.2, 0) is 0 Å². The van der Waals surface area contributed by atoms with Crippen LogP contribution in [0, 0.1) is 6.92 Å². The molecule has 3 heteroatoms. The summed E-state index contributed by atoms with van der Waals surface area (Å²) in [4.78, 5) is 22.3. The van der Waals surface area contributed by atoms with Crippen LogP contribution in [0.4, 0.5) is 0 Å². The molecular formula is C16H14O3. The fraction of sp³-hybridized carbons (Fsp3) is 0.125. The summed E-state index contributed by atoms with van der Waals surface area (Å²) in [6.45, 7) is 3.29. The Morgan fingerprint density at radius 2 is 1.53 bits per heavy atom. The van der Waals surface area contributed by atoms with Crippen LogP contribution in [0.25, 0.3) is 11.1 Å². The van der Waals surface area contributed by atoms with E-state index in [4.69, 9.17) is 5.11 Å². The van der Waals surface area contributed by atoms with Gasteiger partial charge in [-0.2, -0.15) is 0 Å². The van der Waals surface area contributed by atoms with Gasteiger partial charge in [0.2, 0.25) is 0 Å². The molecule has 0 unspecified atom stereocenters. The predicted octanol–water partition coefficient (Wildman–Crippen LogP) is 3.56. The van der Waals surface area contributed by atoms with Crippen molar-refractivity contribution < 1.29 is 14.7 Å². The van der Waals surface area contributed by atoms with Gasteiger partial charge >= 0.3 is 5.97 Å². The number of carbonyl (C=O) groups is 2. The number of aryl methyl sites for hydroxylation is 1. The highest BCUT2D eigenvalue weighted by Crippen LogP contribution is 2.23. The Hall–Kier alpha value is -2.42. The summed E-state index contributed by atoms with van der Waals surface area (Å²) in [5.41, 5.74) is 3.41. The average molecular weight is 254 g/mol. The second kappa shape index (κ2) is 5.06. The number of hydrogen-bond acceptors (Lipinski definition) is 2. The van der Waals surface area contributed by atoms with Crippen molar-refractivity contribution in [1.82, 2.24) is 0 Å². The molecule has 0 atom stereocenters. The SMILES string of the molecule is CC(=O)c1ccc(-c2ccc(C)c(C(=O)O)c2)cc1. The predicted molar refractivity (Wildman–Crippen MR) is 73.6 cm³/mol. The zero-order valence-corrected chi connectivity index (χ0v) is 10.8. The molecule has 2 rings (SSSR count). The Morgan fingerprint density at radius 3 is 2.05 bits per heavy atom. The van der Waals surface area contributed by atoms with Gasteiger partial charge in [0, 0.05) is 5.56 Å². The molecule has 0 aromatic heterocycles. The van der Waals surface area contributed by atoms with Crippen LogP contribution < -0.4 is 0 Å². The molecule has 0 fully saturated rings. The monoisotopic (exact) mass is 254 g/mol. The Bertz CT molecular complexity index is 640. The summed E-state index contributed by atoms with van der Waals surface area (Å²) in [6, 6.07) is 12.5. The standard InChI is InChI=1S/C16H14O3/c1-10-3-4-14(9-15(10)16(18)19)13-7-5-12(6-8-13)11(2)17/h3-9H,1-2H3,(H,18,19). The first-order valence-electron chi connectivity index (χ1n) is 5.94. The molecule has 0 spiro atoms. The maximum atomic E-state index is 11.2. The van der Waals surface area contributed by atoms with Gasteiger partial charge in [0.05, 0.1) is 5.56 Å². The molecule has 2 aromatic carbocycles. The van der Waals surface area contributed by atoms with Gasteiger partial charge in [0.1, 0.15) is 0 Å². The van der Waals surface area contributed by atoms with Crippen molar-refractivity contribution in [2.75, 3.05) is 0 Å². The van der Waals surface area contributed by atoms with Gasteiger partial charge in [-0.15, -0.1) is 0 Å². The second-order valence-corrected chi connectivity index (χ2v) is 4.47. The van der Waals surface area contributed by atoms with Crippen molar-refractivity contribution in [3.05, 3.63) is 59.2 Å². The van der Waals surface area contributed by atoms with Gasteiger partial charge in [0.25, 0.3) is 0 Å². The number of benzene rings is 2. The highest BCUT2D eigenvalue weighted by molar-refractivity contribution is 5.95. The first-order chi connectivity index (χ1) is 8.99. The topological polar surface area (TPSA) is 54.4 Å². The van der Waals surface area contributed by atoms with Crippen LogP contribution in [0.1, 0.15) is 33.2 Å². The molecule has 96 valence electrons. The molecule has 0 radical (unpaired) electrons. The van der Waals surface area contributed by atoms with Crippen LogP contribution in [0.5, 0.6) is 0 Å². The molecule has 0 amide bonds. The molecule has 0 aliphatic carbocycles. The molecule has 1 N–H and O–H groups in total. The van der Waals surface area contributed by atoms with Crippen LogP contribution in [0.15, 0.2) is 42.5 Å². The third kappa shape index (κ3) is 2.71. The van der Waals surface area contributed by atoms with Crippen molar-refractivity contribution in [3.63, 3.8) is 0 Å². The minimum Gasteiger partial charge on any atom is -0.478 e. The number of carbonyl (C=O) groups excluding carboxylic acids is 1. The number of hydrogen-bond donors (Lipinski definition) is 1. The zero-order chi connectivity index (χ0) is 14.0. The molecule has 0 aliphatic rings. The number of rotatable bonds is 3. The lowest BCUT2D eigenvalue weighted by Gasteiger charge is -2.06. The van der Waals surface area contributed by atoms with E-state index in [0.717, 1.165) is 16.7 Å². The highest BCUT2D eigenvalue weighted by atomic mass is 16.4. The number of ketones is 1. The van der Waals surface area contributed by atoms with E-state index in [1.54, 1.807) is 31.2 Å². The third-order valence-corrected chi connectivity index (χ3v) is 3.09. The second-order valence-electron chi connectivity index (χ2n) is 4.47. The molecule has 0 saturated carbocycles. The van der Waals surface area contributed by atoms with E-state index in [-0.39, 0.29) is 5.78 Å². The van der Waals surface area contributed by atoms with Gasteiger partial charge in [-0.05, 0) is 36.6 Å². The van der Waals surface area contributed by atoms with E-state index in [1.165, 1.54) is 6.92 Å². The fourth-order valence-corrected chi connectivity index (χ4v) is 1.93. The van der Waals surface area contributed by atoms with Crippen molar-refractivity contribution in [1.29, 1.82) is 0 Å². The number of carboxylic acid groups (broad SMARTS) is 1. The van der Waals surface area contributed by atoms with E-state index in [9.17, 15) is 9.59 Å². The maximum Gasteiger partial charge on any atom is 0.335 e. The van der Waals surface area contributed by atoms with Crippen LogP contribution in [0.3, 0.4) is 0 Å². The zero-order valence-electron chi connectivity index (χ0n) is 10.8. The van der Waals surface area contributed by atoms with E-state index in [0.29, 0.717) is 11.1 Å². The van der Waals surface area contributed by atoms with Crippen LogP contribution in [0.2, 0.25) is 0 Å². The minimum absolute atomic E-state index is 0.0154. The molecule has 0 bridgehead atoms. The Balaban J connectivity index is 2.44. The summed E-state index contributed by atoms with van der Waals surface area (Å²) >= 11 is 0. The Labute approximate surface area is 111 Å². The van der Waals surface area contributed by atoms with Gasteiger partial charge in [-0.1, -0.05) is 36.4 Å². The van der Waals surface area contributed by atoms with Gasteiger partial charge in [-0.3, -0.25) is 4.79 Å². The summed E-state index contributed by atoms with van der Waals surface area (Å²) < 4.78 is 0.